The molecule has 1 fully saturated rings. The fourth-order valence-corrected chi connectivity index (χ4v) is 3.43. The second-order valence-corrected chi connectivity index (χ2v) is 5.98. The van der Waals surface area contributed by atoms with Crippen LogP contribution in [0.1, 0.15) is 25.7 Å². The number of nitrogens with one attached hydrogen (secondary N) is 1. The van der Waals surface area contributed by atoms with Gasteiger partial charge in [-0.25, -0.2) is 0 Å². The van der Waals surface area contributed by atoms with Crippen molar-refractivity contribution in [3.63, 3.8) is 0 Å². The van der Waals surface area contributed by atoms with E-state index in [4.69, 9.17) is 0 Å². The number of benzene rings is 1. The Morgan fingerprint density at radius 3 is 3.00 bits per heavy atom. The lowest BCUT2D eigenvalue weighted by atomic mass is 10.0. The molecule has 1 saturated heterocycles. The Morgan fingerprint density at radius 1 is 1.28 bits per heavy atom. The Morgan fingerprint density at radius 2 is 2.17 bits per heavy atom. The van der Waals surface area contributed by atoms with Crippen LogP contribution in [0.15, 0.2) is 34.9 Å². The molecule has 2 heterocycles. The first kappa shape index (κ1) is 12.2. The van der Waals surface area contributed by atoms with Gasteiger partial charge in [0, 0.05) is 34.2 Å². The van der Waals surface area contributed by atoms with E-state index in [0.717, 1.165) is 6.54 Å². The first-order valence-electron chi connectivity index (χ1n) is 6.81. The van der Waals surface area contributed by atoms with Crippen molar-refractivity contribution in [1.29, 1.82) is 0 Å². The van der Waals surface area contributed by atoms with Crippen molar-refractivity contribution in [3.05, 3.63) is 34.9 Å². The Bertz CT molecular complexity index is 526. The highest BCUT2D eigenvalue weighted by Crippen LogP contribution is 2.26. The number of halogens is 1. The molecule has 1 aromatic heterocycles. The highest BCUT2D eigenvalue weighted by atomic mass is 79.9. The fourth-order valence-electron chi connectivity index (χ4n) is 2.85. The molecule has 3 rings (SSSR count). The van der Waals surface area contributed by atoms with Gasteiger partial charge in [-0.15, -0.1) is 0 Å². The maximum atomic E-state index is 3.65. The van der Waals surface area contributed by atoms with Crippen LogP contribution < -0.4 is 5.32 Å². The summed E-state index contributed by atoms with van der Waals surface area (Å²) >= 11 is 3.65. The molecule has 1 aliphatic heterocycles. The number of rotatable bonds is 3. The Labute approximate surface area is 116 Å². The molecule has 2 nitrogen and oxygen atoms in total. The number of hydrogen-bond donors (Lipinski definition) is 1. The van der Waals surface area contributed by atoms with Crippen LogP contribution in [0.5, 0.6) is 0 Å². The van der Waals surface area contributed by atoms with Crippen LogP contribution in [-0.4, -0.2) is 17.2 Å². The van der Waals surface area contributed by atoms with Gasteiger partial charge in [0.2, 0.25) is 0 Å². The van der Waals surface area contributed by atoms with Crippen molar-refractivity contribution in [2.75, 3.05) is 6.54 Å². The van der Waals surface area contributed by atoms with E-state index in [9.17, 15) is 0 Å². The molecule has 1 aliphatic rings. The zero-order valence-corrected chi connectivity index (χ0v) is 12.1. The van der Waals surface area contributed by atoms with Crippen molar-refractivity contribution in [1.82, 2.24) is 9.88 Å². The second kappa shape index (κ2) is 5.45. The summed E-state index contributed by atoms with van der Waals surface area (Å²) in [5.74, 6) is 0. The number of para-hydroxylation sites is 1. The zero-order chi connectivity index (χ0) is 12.4. The molecule has 0 saturated carbocycles. The highest BCUT2D eigenvalue weighted by molar-refractivity contribution is 9.10. The lowest BCUT2D eigenvalue weighted by Crippen LogP contribution is -2.34. The van der Waals surface area contributed by atoms with Gasteiger partial charge in [-0.3, -0.25) is 0 Å². The Hall–Kier alpha value is -0.800. The third-order valence-corrected chi connectivity index (χ3v) is 4.50. The van der Waals surface area contributed by atoms with Crippen LogP contribution in [0.2, 0.25) is 0 Å². The standard InChI is InChI=1S/C15H19BrN2/c16-14-11-18(15-7-2-1-6-13(14)15)10-8-12-5-3-4-9-17-12/h1-2,6-7,11-12,17H,3-5,8-10H2. The molecule has 2 aromatic rings. The molecular formula is C15H19BrN2. The zero-order valence-electron chi connectivity index (χ0n) is 10.5. The summed E-state index contributed by atoms with van der Waals surface area (Å²) in [6.07, 6.45) is 7.50. The van der Waals surface area contributed by atoms with Crippen LogP contribution in [-0.2, 0) is 6.54 Å². The number of nitrogens with zero attached hydrogens (tertiary/aromatic N) is 1. The largest absolute Gasteiger partial charge is 0.346 e. The maximum absolute atomic E-state index is 3.65. The average Bonchev–Trinajstić information content (AvgIpc) is 2.75. The molecule has 96 valence electrons. The van der Waals surface area contributed by atoms with Gasteiger partial charge in [0.1, 0.15) is 0 Å². The first-order chi connectivity index (χ1) is 8.84. The van der Waals surface area contributed by atoms with E-state index in [2.05, 4.69) is 56.3 Å². The van der Waals surface area contributed by atoms with Crippen LogP contribution in [0, 0.1) is 0 Å². The van der Waals surface area contributed by atoms with E-state index < -0.39 is 0 Å². The topological polar surface area (TPSA) is 17.0 Å². The Kier molecular flexibility index (Phi) is 3.71. The number of aryl methyl sites for hydroxylation is 1. The molecule has 0 aliphatic carbocycles. The number of aromatic nitrogens is 1. The van der Waals surface area contributed by atoms with Crippen molar-refractivity contribution in [2.24, 2.45) is 0 Å². The smallest absolute Gasteiger partial charge is 0.0492 e. The van der Waals surface area contributed by atoms with Crippen molar-refractivity contribution >= 4 is 26.8 Å². The third-order valence-electron chi connectivity index (χ3n) is 3.87. The maximum Gasteiger partial charge on any atom is 0.0492 e. The SMILES string of the molecule is Brc1cn(CCC2CCCCN2)c2ccccc12. The van der Waals surface area contributed by atoms with Gasteiger partial charge in [0.05, 0.1) is 0 Å². The first-order valence-corrected chi connectivity index (χ1v) is 7.60. The van der Waals surface area contributed by atoms with Crippen LogP contribution in [0.4, 0.5) is 0 Å². The van der Waals surface area contributed by atoms with Crippen molar-refractivity contribution < 1.29 is 0 Å². The van der Waals surface area contributed by atoms with Gasteiger partial charge >= 0.3 is 0 Å². The molecule has 3 heteroatoms. The molecule has 0 spiro atoms. The van der Waals surface area contributed by atoms with Crippen LogP contribution in [0.3, 0.4) is 0 Å². The normalized spacial score (nSPS) is 20.4. The summed E-state index contributed by atoms with van der Waals surface area (Å²) in [7, 11) is 0. The predicted octanol–water partition coefficient (Wildman–Crippen LogP) is 3.94. The van der Waals surface area contributed by atoms with Gasteiger partial charge in [-0.1, -0.05) is 24.6 Å². The summed E-state index contributed by atoms with van der Waals surface area (Å²) in [4.78, 5) is 0. The lowest BCUT2D eigenvalue weighted by molar-refractivity contribution is 0.368. The average molecular weight is 307 g/mol. The fraction of sp³-hybridized carbons (Fsp3) is 0.467. The predicted molar refractivity (Wildman–Crippen MR) is 79.9 cm³/mol. The molecule has 0 radical (unpaired) electrons. The van der Waals surface area contributed by atoms with E-state index in [1.807, 2.05) is 0 Å². The van der Waals surface area contributed by atoms with Gasteiger partial charge < -0.3 is 9.88 Å². The highest BCUT2D eigenvalue weighted by Gasteiger charge is 2.13. The molecule has 0 bridgehead atoms. The van der Waals surface area contributed by atoms with Crippen molar-refractivity contribution in [3.8, 4) is 0 Å². The van der Waals surface area contributed by atoms with Gasteiger partial charge in [0.15, 0.2) is 0 Å². The van der Waals surface area contributed by atoms with E-state index in [1.54, 1.807) is 0 Å². The molecule has 1 N–H and O–H groups in total. The number of hydrogen-bond acceptors (Lipinski definition) is 1. The van der Waals surface area contributed by atoms with Gasteiger partial charge in [-0.05, 0) is 47.8 Å². The minimum Gasteiger partial charge on any atom is -0.346 e. The summed E-state index contributed by atoms with van der Waals surface area (Å²) in [5.41, 5.74) is 1.33. The molecular weight excluding hydrogens is 288 g/mol. The number of fused-ring (bicyclic) bond motifs is 1. The molecule has 18 heavy (non-hydrogen) atoms. The third kappa shape index (κ3) is 2.47. The van der Waals surface area contributed by atoms with E-state index in [0.29, 0.717) is 6.04 Å². The summed E-state index contributed by atoms with van der Waals surface area (Å²) in [6.45, 7) is 2.30. The monoisotopic (exact) mass is 306 g/mol. The molecule has 1 aromatic carbocycles. The van der Waals surface area contributed by atoms with Gasteiger partial charge in [-0.2, -0.15) is 0 Å². The van der Waals surface area contributed by atoms with E-state index >= 15 is 0 Å². The number of piperidine rings is 1. The van der Waals surface area contributed by atoms with E-state index in [1.165, 1.54) is 47.6 Å². The second-order valence-electron chi connectivity index (χ2n) is 5.12. The van der Waals surface area contributed by atoms with E-state index in [-0.39, 0.29) is 0 Å². The van der Waals surface area contributed by atoms with Crippen LogP contribution >= 0.6 is 15.9 Å². The molecule has 1 unspecified atom stereocenters. The summed E-state index contributed by atoms with van der Waals surface area (Å²) in [5, 5.41) is 4.93. The summed E-state index contributed by atoms with van der Waals surface area (Å²) < 4.78 is 3.57. The van der Waals surface area contributed by atoms with Gasteiger partial charge in [0.25, 0.3) is 0 Å². The summed E-state index contributed by atoms with van der Waals surface area (Å²) in [6, 6.07) is 9.30. The Balaban J connectivity index is 1.74. The minimum atomic E-state index is 0.707. The van der Waals surface area contributed by atoms with Crippen LogP contribution in [0.25, 0.3) is 10.9 Å². The lowest BCUT2D eigenvalue weighted by Gasteiger charge is -2.23. The quantitative estimate of drug-likeness (QED) is 0.909. The van der Waals surface area contributed by atoms with Crippen molar-refractivity contribution in [2.45, 2.75) is 38.3 Å². The molecule has 1 atom stereocenters. The molecule has 0 amide bonds. The minimum absolute atomic E-state index is 0.707.